The first-order valence-electron chi connectivity index (χ1n) is 12.5. The SMILES string of the molecule is Cc1cccc(/C=C(/NC(=O)c2ccccc2)C(=O)Nc2cccc(SCC(=O)Nc3ccc(C)c(Cl)c3)c2)c1. The molecule has 0 aliphatic rings. The van der Waals surface area contributed by atoms with E-state index in [2.05, 4.69) is 16.0 Å². The zero-order chi connectivity index (χ0) is 28.5. The molecule has 4 aromatic rings. The minimum absolute atomic E-state index is 0.105. The monoisotopic (exact) mass is 569 g/mol. The second-order valence-electron chi connectivity index (χ2n) is 9.08. The van der Waals surface area contributed by atoms with Gasteiger partial charge in [0.25, 0.3) is 11.8 Å². The van der Waals surface area contributed by atoms with Crippen LogP contribution in [0.25, 0.3) is 6.08 Å². The van der Waals surface area contributed by atoms with E-state index in [0.717, 1.165) is 21.6 Å². The van der Waals surface area contributed by atoms with Crippen molar-refractivity contribution in [1.29, 1.82) is 0 Å². The van der Waals surface area contributed by atoms with Crippen LogP contribution in [-0.2, 0) is 9.59 Å². The number of amides is 3. The molecule has 0 saturated heterocycles. The van der Waals surface area contributed by atoms with Crippen LogP contribution in [0.15, 0.2) is 108 Å². The molecule has 0 fully saturated rings. The van der Waals surface area contributed by atoms with Crippen molar-refractivity contribution in [3.63, 3.8) is 0 Å². The third-order valence-electron chi connectivity index (χ3n) is 5.80. The molecule has 0 atom stereocenters. The maximum absolute atomic E-state index is 13.3. The molecule has 202 valence electrons. The molecule has 4 aromatic carbocycles. The Morgan fingerprint density at radius 1 is 0.800 bits per heavy atom. The third kappa shape index (κ3) is 8.33. The molecule has 0 heterocycles. The van der Waals surface area contributed by atoms with Crippen LogP contribution in [0.3, 0.4) is 0 Å². The summed E-state index contributed by atoms with van der Waals surface area (Å²) in [7, 11) is 0. The Kier molecular flexibility index (Phi) is 9.78. The molecule has 0 aliphatic heterocycles. The number of carbonyl (C=O) groups is 3. The van der Waals surface area contributed by atoms with E-state index >= 15 is 0 Å². The van der Waals surface area contributed by atoms with Gasteiger partial charge in [0.2, 0.25) is 5.91 Å². The molecular formula is C32H28ClN3O3S. The van der Waals surface area contributed by atoms with Crippen LogP contribution < -0.4 is 16.0 Å². The lowest BCUT2D eigenvalue weighted by molar-refractivity contribution is -0.114. The topological polar surface area (TPSA) is 87.3 Å². The average molecular weight is 570 g/mol. The lowest BCUT2D eigenvalue weighted by atomic mass is 10.1. The molecule has 0 aliphatic carbocycles. The highest BCUT2D eigenvalue weighted by molar-refractivity contribution is 8.00. The molecule has 0 saturated carbocycles. The van der Waals surface area contributed by atoms with Gasteiger partial charge >= 0.3 is 0 Å². The number of aryl methyl sites for hydroxylation is 2. The summed E-state index contributed by atoms with van der Waals surface area (Å²) >= 11 is 7.48. The number of hydrogen-bond donors (Lipinski definition) is 3. The number of thioether (sulfide) groups is 1. The number of halogens is 1. The molecule has 8 heteroatoms. The van der Waals surface area contributed by atoms with Crippen molar-refractivity contribution < 1.29 is 14.4 Å². The number of hydrogen-bond acceptors (Lipinski definition) is 4. The summed E-state index contributed by atoms with van der Waals surface area (Å²) in [5.74, 6) is -0.859. The molecule has 6 nitrogen and oxygen atoms in total. The molecule has 40 heavy (non-hydrogen) atoms. The predicted octanol–water partition coefficient (Wildman–Crippen LogP) is 7.10. The van der Waals surface area contributed by atoms with E-state index in [0.29, 0.717) is 22.0 Å². The van der Waals surface area contributed by atoms with Crippen molar-refractivity contribution in [3.05, 3.63) is 130 Å². The number of carbonyl (C=O) groups excluding carboxylic acids is 3. The number of benzene rings is 4. The second kappa shape index (κ2) is 13.6. The lowest BCUT2D eigenvalue weighted by Crippen LogP contribution is -2.30. The molecule has 0 unspecified atom stereocenters. The molecule has 4 rings (SSSR count). The Labute approximate surface area is 242 Å². The van der Waals surface area contributed by atoms with E-state index < -0.39 is 5.91 Å². The van der Waals surface area contributed by atoms with Gasteiger partial charge in [-0.25, -0.2) is 0 Å². The summed E-state index contributed by atoms with van der Waals surface area (Å²) in [5, 5.41) is 9.04. The maximum atomic E-state index is 13.3. The van der Waals surface area contributed by atoms with Gasteiger partial charge in [0.15, 0.2) is 0 Å². The number of nitrogens with one attached hydrogen (secondary N) is 3. The Bertz CT molecular complexity index is 1570. The van der Waals surface area contributed by atoms with Crippen LogP contribution in [-0.4, -0.2) is 23.5 Å². The highest BCUT2D eigenvalue weighted by Gasteiger charge is 2.15. The van der Waals surface area contributed by atoms with Crippen LogP contribution in [0.5, 0.6) is 0 Å². The van der Waals surface area contributed by atoms with Gasteiger partial charge in [0, 0.05) is 26.9 Å². The standard InChI is InChI=1S/C32H28ClN3O3S/c1-21-8-6-9-23(16-21)17-29(36-31(38)24-10-4-3-5-11-24)32(39)35-25-12-7-13-27(18-25)40-20-30(37)34-26-15-14-22(2)28(33)19-26/h3-19H,20H2,1-2H3,(H,34,37)(H,35,39)(H,36,38)/b29-17+. The van der Waals surface area contributed by atoms with E-state index in [1.165, 1.54) is 11.8 Å². The first-order valence-corrected chi connectivity index (χ1v) is 13.9. The van der Waals surface area contributed by atoms with Crippen molar-refractivity contribution in [2.75, 3.05) is 16.4 Å². The molecular weight excluding hydrogens is 542 g/mol. The van der Waals surface area contributed by atoms with Crippen molar-refractivity contribution in [2.24, 2.45) is 0 Å². The van der Waals surface area contributed by atoms with E-state index in [1.54, 1.807) is 60.7 Å². The van der Waals surface area contributed by atoms with Gasteiger partial charge in [0.1, 0.15) is 5.70 Å². The molecule has 3 N–H and O–H groups in total. The Morgan fingerprint density at radius 2 is 1.55 bits per heavy atom. The quantitative estimate of drug-likeness (QED) is 0.148. The van der Waals surface area contributed by atoms with Crippen LogP contribution in [0.2, 0.25) is 5.02 Å². The minimum Gasteiger partial charge on any atom is -0.325 e. The molecule has 0 spiro atoms. The summed E-state index contributed by atoms with van der Waals surface area (Å²) in [6.45, 7) is 3.85. The highest BCUT2D eigenvalue weighted by Crippen LogP contribution is 2.24. The fourth-order valence-electron chi connectivity index (χ4n) is 3.75. The first-order chi connectivity index (χ1) is 19.3. The smallest absolute Gasteiger partial charge is 0.272 e. The fourth-order valence-corrected chi connectivity index (χ4v) is 4.68. The van der Waals surface area contributed by atoms with Crippen molar-refractivity contribution in [2.45, 2.75) is 18.7 Å². The van der Waals surface area contributed by atoms with Gasteiger partial charge < -0.3 is 16.0 Å². The van der Waals surface area contributed by atoms with Crippen LogP contribution in [0, 0.1) is 13.8 Å². The summed E-state index contributed by atoms with van der Waals surface area (Å²) in [4.78, 5) is 39.4. The van der Waals surface area contributed by atoms with Gasteiger partial charge in [-0.2, -0.15) is 0 Å². The minimum atomic E-state index is -0.470. The zero-order valence-corrected chi connectivity index (χ0v) is 23.6. The summed E-state index contributed by atoms with van der Waals surface area (Å²) in [6.07, 6.45) is 1.64. The van der Waals surface area contributed by atoms with E-state index in [9.17, 15) is 14.4 Å². The van der Waals surface area contributed by atoms with Gasteiger partial charge in [-0.05, 0) is 73.5 Å². The predicted molar refractivity (Wildman–Crippen MR) is 164 cm³/mol. The highest BCUT2D eigenvalue weighted by atomic mass is 35.5. The molecule has 0 bridgehead atoms. The summed E-state index contributed by atoms with van der Waals surface area (Å²) in [5.41, 5.74) is 4.46. The van der Waals surface area contributed by atoms with Crippen molar-refractivity contribution >= 4 is 58.5 Å². The Balaban J connectivity index is 1.44. The van der Waals surface area contributed by atoms with Gasteiger partial charge in [-0.15, -0.1) is 11.8 Å². The van der Waals surface area contributed by atoms with Crippen molar-refractivity contribution in [1.82, 2.24) is 5.32 Å². The van der Waals surface area contributed by atoms with E-state index in [4.69, 9.17) is 11.6 Å². The fraction of sp³-hybridized carbons (Fsp3) is 0.0938. The third-order valence-corrected chi connectivity index (χ3v) is 7.20. The van der Waals surface area contributed by atoms with E-state index in [-0.39, 0.29) is 23.3 Å². The first kappa shape index (κ1) is 28.7. The van der Waals surface area contributed by atoms with Crippen LogP contribution in [0.4, 0.5) is 11.4 Å². The van der Waals surface area contributed by atoms with Gasteiger partial charge in [-0.3, -0.25) is 14.4 Å². The zero-order valence-electron chi connectivity index (χ0n) is 22.0. The van der Waals surface area contributed by atoms with Gasteiger partial charge in [-0.1, -0.05) is 71.8 Å². The second-order valence-corrected chi connectivity index (χ2v) is 10.5. The lowest BCUT2D eigenvalue weighted by Gasteiger charge is -2.12. The van der Waals surface area contributed by atoms with Crippen LogP contribution in [0.1, 0.15) is 27.0 Å². The number of anilines is 2. The average Bonchev–Trinajstić information content (AvgIpc) is 2.94. The normalized spacial score (nSPS) is 11.0. The van der Waals surface area contributed by atoms with Crippen LogP contribution >= 0.6 is 23.4 Å². The number of rotatable bonds is 9. The Morgan fingerprint density at radius 3 is 2.30 bits per heavy atom. The van der Waals surface area contributed by atoms with E-state index in [1.807, 2.05) is 56.3 Å². The molecule has 0 radical (unpaired) electrons. The largest absolute Gasteiger partial charge is 0.325 e. The summed E-state index contributed by atoms with van der Waals surface area (Å²) in [6, 6.07) is 28.9. The molecule has 0 aromatic heterocycles. The Hall–Kier alpha value is -4.33. The maximum Gasteiger partial charge on any atom is 0.272 e. The van der Waals surface area contributed by atoms with Gasteiger partial charge in [0.05, 0.1) is 5.75 Å². The van der Waals surface area contributed by atoms with Crippen molar-refractivity contribution in [3.8, 4) is 0 Å². The molecule has 3 amide bonds. The summed E-state index contributed by atoms with van der Waals surface area (Å²) < 4.78 is 0.